The number of hydrogen-bond donors (Lipinski definition) is 4. The van der Waals surface area contributed by atoms with Gasteiger partial charge in [0.2, 0.25) is 0 Å². The molecule has 0 saturated carbocycles. The van der Waals surface area contributed by atoms with Crippen molar-refractivity contribution in [2.75, 3.05) is 26.4 Å². The van der Waals surface area contributed by atoms with E-state index in [0.29, 0.717) is 42.3 Å². The van der Waals surface area contributed by atoms with Gasteiger partial charge in [0.25, 0.3) is 0 Å². The number of aliphatic hydroxyl groups excluding tert-OH is 2. The van der Waals surface area contributed by atoms with Crippen LogP contribution in [0.25, 0.3) is 11.1 Å². The summed E-state index contributed by atoms with van der Waals surface area (Å²) in [5.41, 5.74) is 2.39. The molecule has 4 N–H and O–H groups in total. The highest BCUT2D eigenvalue weighted by Gasteiger charge is 2.14. The average molecular weight is 432 g/mol. The van der Waals surface area contributed by atoms with Crippen LogP contribution in [0, 0.1) is 0 Å². The van der Waals surface area contributed by atoms with Crippen molar-refractivity contribution in [2.24, 2.45) is 0 Å². The number of ether oxygens (including phenoxy) is 2. The quantitative estimate of drug-likeness (QED) is 0.204. The van der Waals surface area contributed by atoms with Crippen LogP contribution in [-0.2, 0) is 9.78 Å². The molecule has 0 aliphatic carbocycles. The zero-order chi connectivity index (χ0) is 22.6. The zero-order valence-electron chi connectivity index (χ0n) is 17.1. The molecule has 0 heterocycles. The van der Waals surface area contributed by atoms with E-state index in [-0.39, 0.29) is 13.2 Å². The molecule has 0 bridgehead atoms. The van der Waals surface area contributed by atoms with Gasteiger partial charge in [-0.15, -0.1) is 0 Å². The topological polar surface area (TPSA) is 118 Å². The summed E-state index contributed by atoms with van der Waals surface area (Å²) in [5.74, 6) is 1.35. The standard InChI is InChI=1S/C23H28O8/c1-16(22(14-24)30-26)18-4-8-20(9-5-18)28-12-3-13-29-21-10-6-19(7-11-21)17(2)23(15-25)31-27/h4-11,22-27H,1-3,12-15H2. The zero-order valence-corrected chi connectivity index (χ0v) is 17.1. The Hall–Kier alpha value is -2.72. The summed E-state index contributed by atoms with van der Waals surface area (Å²) in [7, 11) is 0. The molecule has 2 rings (SSSR count). The molecule has 31 heavy (non-hydrogen) atoms. The Bertz CT molecular complexity index is 739. The summed E-state index contributed by atoms with van der Waals surface area (Å²) in [5, 5.41) is 35.8. The predicted molar refractivity (Wildman–Crippen MR) is 116 cm³/mol. The van der Waals surface area contributed by atoms with Gasteiger partial charge in [-0.3, -0.25) is 10.5 Å². The molecule has 168 valence electrons. The molecule has 2 aromatic rings. The number of rotatable bonds is 14. The van der Waals surface area contributed by atoms with Crippen LogP contribution >= 0.6 is 0 Å². The van der Waals surface area contributed by atoms with Crippen LogP contribution in [-0.4, -0.2) is 59.4 Å². The molecule has 0 spiro atoms. The highest BCUT2D eigenvalue weighted by Crippen LogP contribution is 2.23. The van der Waals surface area contributed by atoms with E-state index in [1.54, 1.807) is 48.5 Å². The van der Waals surface area contributed by atoms with Gasteiger partial charge in [-0.1, -0.05) is 37.4 Å². The molecule has 2 atom stereocenters. The van der Waals surface area contributed by atoms with E-state index in [2.05, 4.69) is 22.9 Å². The lowest BCUT2D eigenvalue weighted by Gasteiger charge is -2.15. The second-order valence-corrected chi connectivity index (χ2v) is 6.70. The predicted octanol–water partition coefficient (Wildman–Crippen LogP) is 3.26. The highest BCUT2D eigenvalue weighted by atomic mass is 17.1. The van der Waals surface area contributed by atoms with E-state index in [0.717, 1.165) is 11.1 Å². The highest BCUT2D eigenvalue weighted by molar-refractivity contribution is 5.67. The minimum atomic E-state index is -0.866. The Morgan fingerprint density at radius 3 is 1.32 bits per heavy atom. The van der Waals surface area contributed by atoms with Crippen molar-refractivity contribution in [1.29, 1.82) is 0 Å². The Kier molecular flexibility index (Phi) is 10.2. The first kappa shape index (κ1) is 24.5. The van der Waals surface area contributed by atoms with Crippen LogP contribution in [0.15, 0.2) is 61.7 Å². The van der Waals surface area contributed by atoms with E-state index < -0.39 is 12.2 Å². The summed E-state index contributed by atoms with van der Waals surface area (Å²) in [4.78, 5) is 8.38. The lowest BCUT2D eigenvalue weighted by Crippen LogP contribution is -2.17. The van der Waals surface area contributed by atoms with Crippen molar-refractivity contribution in [3.63, 3.8) is 0 Å². The van der Waals surface area contributed by atoms with Gasteiger partial charge < -0.3 is 19.7 Å². The average Bonchev–Trinajstić information content (AvgIpc) is 2.81. The molecule has 0 amide bonds. The summed E-state index contributed by atoms with van der Waals surface area (Å²) in [6.45, 7) is 7.79. The van der Waals surface area contributed by atoms with E-state index >= 15 is 0 Å². The molecular weight excluding hydrogens is 404 g/mol. The lowest BCUT2D eigenvalue weighted by molar-refractivity contribution is -0.268. The van der Waals surface area contributed by atoms with E-state index in [1.165, 1.54) is 0 Å². The van der Waals surface area contributed by atoms with Gasteiger partial charge in [0, 0.05) is 6.42 Å². The molecule has 0 aromatic heterocycles. The summed E-state index contributed by atoms with van der Waals surface area (Å²) >= 11 is 0. The molecule has 8 nitrogen and oxygen atoms in total. The molecule has 8 heteroatoms. The molecular formula is C23H28O8. The van der Waals surface area contributed by atoms with Crippen LogP contribution in [0.4, 0.5) is 0 Å². The second kappa shape index (κ2) is 12.9. The normalized spacial score (nSPS) is 12.8. The first-order valence-electron chi connectivity index (χ1n) is 9.70. The summed E-state index contributed by atoms with van der Waals surface area (Å²) in [6.07, 6.45) is -1.07. The molecule has 2 aromatic carbocycles. The van der Waals surface area contributed by atoms with E-state index in [4.69, 9.17) is 30.2 Å². The molecule has 0 aliphatic heterocycles. The summed E-state index contributed by atoms with van der Waals surface area (Å²) < 4.78 is 11.4. The van der Waals surface area contributed by atoms with Crippen molar-refractivity contribution in [3.05, 3.63) is 72.8 Å². The third-order valence-corrected chi connectivity index (χ3v) is 4.64. The first-order valence-corrected chi connectivity index (χ1v) is 9.70. The summed E-state index contributed by atoms with van der Waals surface area (Å²) in [6, 6.07) is 14.2. The Labute approximate surface area is 181 Å². The Morgan fingerprint density at radius 2 is 1.03 bits per heavy atom. The maximum absolute atomic E-state index is 9.13. The van der Waals surface area contributed by atoms with Gasteiger partial charge in [0.05, 0.1) is 26.4 Å². The lowest BCUT2D eigenvalue weighted by atomic mass is 10.0. The van der Waals surface area contributed by atoms with Crippen LogP contribution in [0.5, 0.6) is 11.5 Å². The SMILES string of the molecule is C=C(c1ccc(OCCCOc2ccc(C(=C)C(CO)OO)cc2)cc1)C(CO)OO. The maximum Gasteiger partial charge on any atom is 0.141 e. The number of aliphatic hydroxyl groups is 2. The minimum absolute atomic E-state index is 0.370. The molecule has 0 fully saturated rings. The Morgan fingerprint density at radius 1 is 0.677 bits per heavy atom. The van der Waals surface area contributed by atoms with Crippen molar-refractivity contribution in [1.82, 2.24) is 0 Å². The van der Waals surface area contributed by atoms with Gasteiger partial charge in [-0.05, 0) is 46.5 Å². The third-order valence-electron chi connectivity index (χ3n) is 4.64. The monoisotopic (exact) mass is 432 g/mol. The van der Waals surface area contributed by atoms with Gasteiger partial charge in [-0.2, -0.15) is 0 Å². The largest absolute Gasteiger partial charge is 0.493 e. The fourth-order valence-corrected chi connectivity index (χ4v) is 2.76. The molecule has 0 aliphatic rings. The fourth-order valence-electron chi connectivity index (χ4n) is 2.76. The third kappa shape index (κ3) is 7.18. The van der Waals surface area contributed by atoms with Gasteiger partial charge in [-0.25, -0.2) is 9.78 Å². The van der Waals surface area contributed by atoms with Crippen LogP contribution in [0.3, 0.4) is 0 Å². The van der Waals surface area contributed by atoms with Crippen molar-refractivity contribution in [3.8, 4) is 11.5 Å². The smallest absolute Gasteiger partial charge is 0.141 e. The van der Waals surface area contributed by atoms with Crippen molar-refractivity contribution in [2.45, 2.75) is 18.6 Å². The minimum Gasteiger partial charge on any atom is -0.493 e. The number of hydrogen-bond acceptors (Lipinski definition) is 8. The molecule has 0 radical (unpaired) electrons. The van der Waals surface area contributed by atoms with Crippen LogP contribution in [0.2, 0.25) is 0 Å². The van der Waals surface area contributed by atoms with Gasteiger partial charge in [0.15, 0.2) is 0 Å². The molecule has 0 saturated heterocycles. The van der Waals surface area contributed by atoms with Gasteiger partial charge >= 0.3 is 0 Å². The Balaban J connectivity index is 1.73. The fraction of sp³-hybridized carbons (Fsp3) is 0.304. The maximum atomic E-state index is 9.13. The first-order chi connectivity index (χ1) is 15.0. The van der Waals surface area contributed by atoms with Crippen molar-refractivity contribution < 1.29 is 40.0 Å². The number of benzene rings is 2. The van der Waals surface area contributed by atoms with E-state index in [9.17, 15) is 0 Å². The van der Waals surface area contributed by atoms with Crippen LogP contribution < -0.4 is 9.47 Å². The van der Waals surface area contributed by atoms with Crippen LogP contribution in [0.1, 0.15) is 17.5 Å². The second-order valence-electron chi connectivity index (χ2n) is 6.70. The molecule has 2 unspecified atom stereocenters. The van der Waals surface area contributed by atoms with Gasteiger partial charge in [0.1, 0.15) is 23.7 Å². The van der Waals surface area contributed by atoms with Crippen molar-refractivity contribution >= 4 is 11.1 Å². The van der Waals surface area contributed by atoms with E-state index in [1.807, 2.05) is 0 Å².